The molecule has 3 nitrogen and oxygen atoms in total. The van der Waals surface area contributed by atoms with Gasteiger partial charge < -0.3 is 10.4 Å². The number of halogens is 4. The molecule has 2 N–H and O–H groups in total. The van der Waals surface area contributed by atoms with Crippen LogP contribution in [0.25, 0.3) is 0 Å². The van der Waals surface area contributed by atoms with Crippen LogP contribution in [-0.4, -0.2) is 17.6 Å². The molecule has 1 amide bonds. The van der Waals surface area contributed by atoms with Crippen molar-refractivity contribution in [2.75, 3.05) is 6.54 Å². The standard InChI is InChI=1S/C17H15F4NO2/c18-14-6-1-3-11(7-14)8-16(24)22-10-15(23)12-4-2-5-13(9-12)17(19,20)21/h1-7,9,15,23H,8,10H2,(H,22,24)/t15-/m1/s1. The van der Waals surface area contributed by atoms with Crippen LogP contribution < -0.4 is 5.32 Å². The van der Waals surface area contributed by atoms with Crippen LogP contribution in [0.15, 0.2) is 48.5 Å². The van der Waals surface area contributed by atoms with Gasteiger partial charge in [-0.3, -0.25) is 4.79 Å². The van der Waals surface area contributed by atoms with Crippen LogP contribution in [0.1, 0.15) is 22.8 Å². The summed E-state index contributed by atoms with van der Waals surface area (Å²) in [5.41, 5.74) is -0.359. The number of hydrogen-bond donors (Lipinski definition) is 2. The number of alkyl halides is 3. The third-order valence-electron chi connectivity index (χ3n) is 3.35. The molecule has 24 heavy (non-hydrogen) atoms. The number of rotatable bonds is 5. The van der Waals surface area contributed by atoms with Crippen LogP contribution in [-0.2, 0) is 17.4 Å². The van der Waals surface area contributed by atoms with E-state index in [2.05, 4.69) is 5.32 Å². The van der Waals surface area contributed by atoms with Crippen LogP contribution >= 0.6 is 0 Å². The van der Waals surface area contributed by atoms with Gasteiger partial charge in [0.25, 0.3) is 0 Å². The smallest absolute Gasteiger partial charge is 0.387 e. The normalized spacial score (nSPS) is 12.7. The molecule has 2 aromatic carbocycles. The first-order chi connectivity index (χ1) is 11.3. The summed E-state index contributed by atoms with van der Waals surface area (Å²) in [5.74, 6) is -0.934. The van der Waals surface area contributed by atoms with E-state index in [0.717, 1.165) is 12.1 Å². The summed E-state index contributed by atoms with van der Waals surface area (Å²) < 4.78 is 50.9. The minimum atomic E-state index is -4.50. The van der Waals surface area contributed by atoms with Crippen LogP contribution in [0, 0.1) is 5.82 Å². The molecule has 0 heterocycles. The SMILES string of the molecule is O=C(Cc1cccc(F)c1)NC[C@@H](O)c1cccc(C(F)(F)F)c1. The summed E-state index contributed by atoms with van der Waals surface area (Å²) in [6.45, 7) is -0.241. The van der Waals surface area contributed by atoms with Crippen molar-refractivity contribution >= 4 is 5.91 Å². The largest absolute Gasteiger partial charge is 0.416 e. The predicted molar refractivity (Wildman–Crippen MR) is 79.5 cm³/mol. The summed E-state index contributed by atoms with van der Waals surface area (Å²) in [4.78, 5) is 11.8. The Balaban J connectivity index is 1.93. The molecule has 128 valence electrons. The quantitative estimate of drug-likeness (QED) is 0.821. The van der Waals surface area contributed by atoms with E-state index in [0.29, 0.717) is 5.56 Å². The Morgan fingerprint density at radius 3 is 2.50 bits per heavy atom. The van der Waals surface area contributed by atoms with E-state index >= 15 is 0 Å². The first-order valence-corrected chi connectivity index (χ1v) is 7.12. The second-order valence-corrected chi connectivity index (χ2v) is 5.25. The van der Waals surface area contributed by atoms with Crippen LogP contribution in [0.5, 0.6) is 0 Å². The average molecular weight is 341 g/mol. The molecule has 0 radical (unpaired) electrons. The molecule has 7 heteroatoms. The van der Waals surface area contributed by atoms with Crippen molar-refractivity contribution in [1.29, 1.82) is 0 Å². The Labute approximate surface area is 135 Å². The first-order valence-electron chi connectivity index (χ1n) is 7.12. The highest BCUT2D eigenvalue weighted by Gasteiger charge is 2.30. The molecule has 0 bridgehead atoms. The summed E-state index contributed by atoms with van der Waals surface area (Å²) in [6.07, 6.45) is -5.87. The van der Waals surface area contributed by atoms with Gasteiger partial charge in [-0.25, -0.2) is 4.39 Å². The van der Waals surface area contributed by atoms with Gasteiger partial charge >= 0.3 is 6.18 Å². The number of amides is 1. The lowest BCUT2D eigenvalue weighted by molar-refractivity contribution is -0.137. The molecular formula is C17H15F4NO2. The molecule has 0 saturated heterocycles. The molecule has 0 aliphatic carbocycles. The molecule has 0 aliphatic heterocycles. The molecule has 0 aliphatic rings. The Morgan fingerprint density at radius 1 is 1.12 bits per heavy atom. The lowest BCUT2D eigenvalue weighted by Crippen LogP contribution is -2.29. The second-order valence-electron chi connectivity index (χ2n) is 5.25. The molecule has 2 aromatic rings. The maximum Gasteiger partial charge on any atom is 0.416 e. The van der Waals surface area contributed by atoms with Crippen molar-refractivity contribution < 1.29 is 27.5 Å². The van der Waals surface area contributed by atoms with Gasteiger partial charge in [0.15, 0.2) is 0 Å². The molecular weight excluding hydrogens is 326 g/mol. The Kier molecular flexibility index (Phi) is 5.56. The van der Waals surface area contributed by atoms with Crippen LogP contribution in [0.4, 0.5) is 17.6 Å². The zero-order chi connectivity index (χ0) is 17.7. The fraction of sp³-hybridized carbons (Fsp3) is 0.235. The Morgan fingerprint density at radius 2 is 1.83 bits per heavy atom. The van der Waals surface area contributed by atoms with E-state index in [-0.39, 0.29) is 18.5 Å². The fourth-order valence-corrected chi connectivity index (χ4v) is 2.15. The van der Waals surface area contributed by atoms with Gasteiger partial charge in [-0.2, -0.15) is 13.2 Å². The number of benzene rings is 2. The maximum atomic E-state index is 13.0. The van der Waals surface area contributed by atoms with Gasteiger partial charge in [0.1, 0.15) is 5.82 Å². The van der Waals surface area contributed by atoms with E-state index in [1.165, 1.54) is 30.3 Å². The fourth-order valence-electron chi connectivity index (χ4n) is 2.15. The molecule has 0 unspecified atom stereocenters. The van der Waals surface area contributed by atoms with E-state index in [1.54, 1.807) is 6.07 Å². The average Bonchev–Trinajstić information content (AvgIpc) is 2.52. The van der Waals surface area contributed by atoms with E-state index in [4.69, 9.17) is 0 Å². The summed E-state index contributed by atoms with van der Waals surface area (Å²) in [5, 5.41) is 12.3. The number of carbonyl (C=O) groups excluding carboxylic acids is 1. The van der Waals surface area contributed by atoms with Gasteiger partial charge in [0.2, 0.25) is 5.91 Å². The molecule has 0 spiro atoms. The highest BCUT2D eigenvalue weighted by molar-refractivity contribution is 5.78. The summed E-state index contributed by atoms with van der Waals surface area (Å²) in [7, 11) is 0. The number of aliphatic hydroxyl groups excluding tert-OH is 1. The number of nitrogens with one attached hydrogen (secondary N) is 1. The minimum absolute atomic E-state index is 0.0517. The highest BCUT2D eigenvalue weighted by Crippen LogP contribution is 2.30. The molecule has 0 fully saturated rings. The number of carbonyl (C=O) groups is 1. The minimum Gasteiger partial charge on any atom is -0.387 e. The van der Waals surface area contributed by atoms with Gasteiger partial charge in [-0.05, 0) is 35.4 Å². The van der Waals surface area contributed by atoms with Crippen molar-refractivity contribution in [3.63, 3.8) is 0 Å². The molecule has 0 aromatic heterocycles. The van der Waals surface area contributed by atoms with Gasteiger partial charge in [-0.15, -0.1) is 0 Å². The summed E-state index contributed by atoms with van der Waals surface area (Å²) in [6, 6.07) is 9.78. The zero-order valence-corrected chi connectivity index (χ0v) is 12.5. The monoisotopic (exact) mass is 341 g/mol. The zero-order valence-electron chi connectivity index (χ0n) is 12.5. The van der Waals surface area contributed by atoms with Crippen molar-refractivity contribution in [3.05, 3.63) is 71.0 Å². The van der Waals surface area contributed by atoms with Crippen molar-refractivity contribution in [3.8, 4) is 0 Å². The second kappa shape index (κ2) is 7.44. The molecule has 0 saturated carbocycles. The van der Waals surface area contributed by atoms with Gasteiger partial charge in [-0.1, -0.05) is 24.3 Å². The van der Waals surface area contributed by atoms with Crippen molar-refractivity contribution in [2.24, 2.45) is 0 Å². The molecule has 1 atom stereocenters. The predicted octanol–water partition coefficient (Wildman–Crippen LogP) is 3.24. The lowest BCUT2D eigenvalue weighted by Gasteiger charge is -2.14. The van der Waals surface area contributed by atoms with Crippen LogP contribution in [0.3, 0.4) is 0 Å². The maximum absolute atomic E-state index is 13.0. The first kappa shape index (κ1) is 17.9. The van der Waals surface area contributed by atoms with Gasteiger partial charge in [0.05, 0.1) is 18.1 Å². The van der Waals surface area contributed by atoms with E-state index in [1.807, 2.05) is 0 Å². The Hall–Kier alpha value is -2.41. The lowest BCUT2D eigenvalue weighted by atomic mass is 10.1. The third kappa shape index (κ3) is 5.06. The third-order valence-corrected chi connectivity index (χ3v) is 3.35. The summed E-state index contributed by atoms with van der Waals surface area (Å²) >= 11 is 0. The number of aliphatic hydroxyl groups is 1. The van der Waals surface area contributed by atoms with Crippen molar-refractivity contribution in [1.82, 2.24) is 5.32 Å². The van der Waals surface area contributed by atoms with Crippen LogP contribution in [0.2, 0.25) is 0 Å². The van der Waals surface area contributed by atoms with E-state index in [9.17, 15) is 27.5 Å². The van der Waals surface area contributed by atoms with Gasteiger partial charge in [0, 0.05) is 6.54 Å². The topological polar surface area (TPSA) is 49.3 Å². The molecule has 2 rings (SSSR count). The van der Waals surface area contributed by atoms with E-state index < -0.39 is 29.6 Å². The van der Waals surface area contributed by atoms with Crippen molar-refractivity contribution in [2.45, 2.75) is 18.7 Å². The Bertz CT molecular complexity index is 716. The number of hydrogen-bond acceptors (Lipinski definition) is 2. The highest BCUT2D eigenvalue weighted by atomic mass is 19.4.